The van der Waals surface area contributed by atoms with Gasteiger partial charge in [0.15, 0.2) is 0 Å². The molecular weight excluding hydrogens is 421 g/mol. The van der Waals surface area contributed by atoms with E-state index in [0.29, 0.717) is 28.7 Å². The van der Waals surface area contributed by atoms with Crippen LogP contribution in [-0.4, -0.2) is 29.6 Å². The Labute approximate surface area is 175 Å². The van der Waals surface area contributed by atoms with Crippen molar-refractivity contribution >= 4 is 45.2 Å². The number of benzene rings is 1. The summed E-state index contributed by atoms with van der Waals surface area (Å²) in [5.74, 6) is -0.0170. The van der Waals surface area contributed by atoms with E-state index in [1.165, 1.54) is 12.2 Å². The maximum absolute atomic E-state index is 12.0. The predicted octanol–water partition coefficient (Wildman–Crippen LogP) is 4.20. The van der Waals surface area contributed by atoms with Gasteiger partial charge in [-0.1, -0.05) is 49.0 Å². The maximum Gasteiger partial charge on any atom is 0.257 e. The number of carbonyl (C=O) groups excluding carboxylic acids is 1. The Bertz CT molecular complexity index is 969. The molecule has 2 rings (SSSR count). The fraction of sp³-hybridized carbons (Fsp3) is 0.368. The van der Waals surface area contributed by atoms with E-state index in [1.807, 2.05) is 24.5 Å². The number of halogens is 2. The Morgan fingerprint density at radius 2 is 2.04 bits per heavy atom. The monoisotopic (exact) mass is 443 g/mol. The van der Waals surface area contributed by atoms with Gasteiger partial charge >= 0.3 is 0 Å². The van der Waals surface area contributed by atoms with Crippen LogP contribution in [0.3, 0.4) is 0 Å². The van der Waals surface area contributed by atoms with E-state index in [2.05, 4.69) is 9.71 Å². The number of amides is 1. The summed E-state index contributed by atoms with van der Waals surface area (Å²) in [6.07, 6.45) is 6.56. The zero-order valence-electron chi connectivity index (χ0n) is 15.8. The largest absolute Gasteiger partial charge is 0.324 e. The third-order valence-electron chi connectivity index (χ3n) is 4.11. The minimum absolute atomic E-state index is 0.0630. The molecule has 28 heavy (non-hydrogen) atoms. The van der Waals surface area contributed by atoms with E-state index >= 15 is 0 Å². The summed E-state index contributed by atoms with van der Waals surface area (Å²) in [6.45, 7) is 4.26. The molecule has 1 aromatic carbocycles. The second-order valence-electron chi connectivity index (χ2n) is 6.38. The summed E-state index contributed by atoms with van der Waals surface area (Å²) in [5, 5.41) is 1.08. The van der Waals surface area contributed by atoms with Gasteiger partial charge in [0.1, 0.15) is 5.82 Å². The molecule has 1 amide bonds. The standard InChI is InChI=1S/C19H23Cl2N3O3S/c1-3-4-5-10-28(26,27)23-19(25)9-8-17-12-22-14(2)24(17)13-15-6-7-16(20)11-18(15)21/h6-9,11-12H,3-5,10,13H2,1-2H3,(H,23,25). The number of hydrogen-bond acceptors (Lipinski definition) is 4. The van der Waals surface area contributed by atoms with Crippen molar-refractivity contribution in [2.24, 2.45) is 0 Å². The summed E-state index contributed by atoms with van der Waals surface area (Å²) < 4.78 is 27.7. The van der Waals surface area contributed by atoms with Crippen molar-refractivity contribution in [3.05, 3.63) is 57.6 Å². The van der Waals surface area contributed by atoms with Gasteiger partial charge in [-0.25, -0.2) is 18.1 Å². The van der Waals surface area contributed by atoms with Crippen LogP contribution in [0, 0.1) is 6.92 Å². The van der Waals surface area contributed by atoms with Crippen LogP contribution in [0.5, 0.6) is 0 Å². The van der Waals surface area contributed by atoms with Gasteiger partial charge in [-0.2, -0.15) is 0 Å². The van der Waals surface area contributed by atoms with E-state index in [4.69, 9.17) is 23.2 Å². The molecule has 0 atom stereocenters. The molecule has 0 saturated heterocycles. The molecule has 0 aliphatic carbocycles. The van der Waals surface area contributed by atoms with Crippen molar-refractivity contribution in [1.82, 2.24) is 14.3 Å². The lowest BCUT2D eigenvalue weighted by molar-refractivity contribution is -0.114. The summed E-state index contributed by atoms with van der Waals surface area (Å²) in [7, 11) is -3.62. The van der Waals surface area contributed by atoms with Crippen LogP contribution >= 0.6 is 23.2 Å². The molecule has 0 bridgehead atoms. The van der Waals surface area contributed by atoms with Gasteiger partial charge in [0.05, 0.1) is 24.2 Å². The molecule has 0 radical (unpaired) electrons. The highest BCUT2D eigenvalue weighted by Crippen LogP contribution is 2.23. The second-order valence-corrected chi connectivity index (χ2v) is 9.06. The number of nitrogens with one attached hydrogen (secondary N) is 1. The normalized spacial score (nSPS) is 11.9. The molecule has 0 spiro atoms. The van der Waals surface area contributed by atoms with Gasteiger partial charge in [-0.15, -0.1) is 0 Å². The van der Waals surface area contributed by atoms with Gasteiger partial charge in [0.25, 0.3) is 5.91 Å². The number of aromatic nitrogens is 2. The van der Waals surface area contributed by atoms with Crippen molar-refractivity contribution in [1.29, 1.82) is 0 Å². The van der Waals surface area contributed by atoms with Crippen molar-refractivity contribution in [2.75, 3.05) is 5.75 Å². The minimum Gasteiger partial charge on any atom is -0.324 e. The zero-order chi connectivity index (χ0) is 20.7. The highest BCUT2D eigenvalue weighted by atomic mass is 35.5. The summed E-state index contributed by atoms with van der Waals surface area (Å²) in [6, 6.07) is 5.24. The van der Waals surface area contributed by atoms with Gasteiger partial charge in [-0.3, -0.25) is 4.79 Å². The number of unbranched alkanes of at least 4 members (excludes halogenated alkanes) is 2. The van der Waals surface area contributed by atoms with Gasteiger partial charge in [-0.05, 0) is 37.1 Å². The summed E-state index contributed by atoms with van der Waals surface area (Å²) in [4.78, 5) is 16.2. The first kappa shape index (κ1) is 22.5. The molecule has 152 valence electrons. The van der Waals surface area contributed by atoms with E-state index in [1.54, 1.807) is 18.3 Å². The molecule has 9 heteroatoms. The lowest BCUT2D eigenvalue weighted by atomic mass is 10.2. The molecule has 1 aromatic heterocycles. The molecule has 1 heterocycles. The molecule has 6 nitrogen and oxygen atoms in total. The lowest BCUT2D eigenvalue weighted by Crippen LogP contribution is -2.31. The smallest absolute Gasteiger partial charge is 0.257 e. The quantitative estimate of drug-likeness (QED) is 0.465. The Kier molecular flexibility index (Phi) is 8.10. The first-order valence-electron chi connectivity index (χ1n) is 8.90. The predicted molar refractivity (Wildman–Crippen MR) is 113 cm³/mol. The van der Waals surface area contributed by atoms with Crippen molar-refractivity contribution in [3.63, 3.8) is 0 Å². The van der Waals surface area contributed by atoms with Crippen molar-refractivity contribution in [2.45, 2.75) is 39.7 Å². The number of rotatable bonds is 9. The van der Waals surface area contributed by atoms with Crippen molar-refractivity contribution < 1.29 is 13.2 Å². The van der Waals surface area contributed by atoms with Crippen LogP contribution in [0.25, 0.3) is 6.08 Å². The molecule has 1 N–H and O–H groups in total. The van der Waals surface area contributed by atoms with Crippen LogP contribution in [0.15, 0.2) is 30.5 Å². The number of aryl methyl sites for hydroxylation is 1. The topological polar surface area (TPSA) is 81.1 Å². The lowest BCUT2D eigenvalue weighted by Gasteiger charge is -2.10. The third kappa shape index (κ3) is 6.65. The fourth-order valence-electron chi connectivity index (χ4n) is 2.59. The minimum atomic E-state index is -3.62. The molecule has 0 aliphatic heterocycles. The van der Waals surface area contributed by atoms with Crippen LogP contribution in [0.1, 0.15) is 43.3 Å². The number of imidazole rings is 1. The SMILES string of the molecule is CCCCCS(=O)(=O)NC(=O)C=Cc1cnc(C)n1Cc1ccc(Cl)cc1Cl. The van der Waals surface area contributed by atoms with Gasteiger partial charge in [0.2, 0.25) is 10.0 Å². The highest BCUT2D eigenvalue weighted by molar-refractivity contribution is 7.90. The molecule has 0 unspecified atom stereocenters. The summed E-state index contributed by atoms with van der Waals surface area (Å²) in [5.41, 5.74) is 1.51. The van der Waals surface area contributed by atoms with E-state index in [9.17, 15) is 13.2 Å². The summed E-state index contributed by atoms with van der Waals surface area (Å²) >= 11 is 12.2. The Morgan fingerprint density at radius 1 is 1.29 bits per heavy atom. The van der Waals surface area contributed by atoms with E-state index < -0.39 is 15.9 Å². The molecule has 0 fully saturated rings. The fourth-order valence-corrected chi connectivity index (χ4v) is 4.12. The number of sulfonamides is 1. The zero-order valence-corrected chi connectivity index (χ0v) is 18.1. The van der Waals surface area contributed by atoms with Crippen LogP contribution < -0.4 is 4.72 Å². The van der Waals surface area contributed by atoms with Crippen LogP contribution in [-0.2, 0) is 21.4 Å². The Hall–Kier alpha value is -1.83. The highest BCUT2D eigenvalue weighted by Gasteiger charge is 2.13. The number of hydrogen-bond donors (Lipinski definition) is 1. The second kappa shape index (κ2) is 10.1. The molecule has 0 aliphatic rings. The van der Waals surface area contributed by atoms with E-state index in [0.717, 1.165) is 24.2 Å². The van der Waals surface area contributed by atoms with Crippen LogP contribution in [0.2, 0.25) is 10.0 Å². The number of carbonyl (C=O) groups is 1. The van der Waals surface area contributed by atoms with Gasteiger partial charge in [0, 0.05) is 16.1 Å². The average Bonchev–Trinajstić information content (AvgIpc) is 2.95. The Morgan fingerprint density at radius 3 is 2.71 bits per heavy atom. The number of nitrogens with zero attached hydrogens (tertiary/aromatic N) is 2. The van der Waals surface area contributed by atoms with Crippen molar-refractivity contribution in [3.8, 4) is 0 Å². The first-order chi connectivity index (χ1) is 13.2. The molecule has 2 aromatic rings. The molecule has 0 saturated carbocycles. The first-order valence-corrected chi connectivity index (χ1v) is 11.3. The molecular formula is C19H23Cl2N3O3S. The van der Waals surface area contributed by atoms with Gasteiger partial charge < -0.3 is 4.57 Å². The third-order valence-corrected chi connectivity index (χ3v) is 6.03. The van der Waals surface area contributed by atoms with E-state index in [-0.39, 0.29) is 5.75 Å². The Balaban J connectivity index is 2.09. The average molecular weight is 444 g/mol. The van der Waals surface area contributed by atoms with Crippen LogP contribution in [0.4, 0.5) is 0 Å². The maximum atomic E-state index is 12.0.